The van der Waals surface area contributed by atoms with E-state index in [0.29, 0.717) is 19.6 Å². The van der Waals surface area contributed by atoms with Gasteiger partial charge in [-0.2, -0.15) is 11.3 Å². The van der Waals surface area contributed by atoms with Crippen molar-refractivity contribution >= 4 is 46.3 Å². The molecule has 29 heavy (non-hydrogen) atoms. The second-order valence-electron chi connectivity index (χ2n) is 6.93. The Kier molecular flexibility index (Phi) is 7.25. The van der Waals surface area contributed by atoms with Crippen LogP contribution in [-0.4, -0.2) is 60.9 Å². The van der Waals surface area contributed by atoms with Crippen LogP contribution in [0.25, 0.3) is 10.8 Å². The average molecular weight is 430 g/mol. The molecule has 0 unspecified atom stereocenters. The molecule has 0 radical (unpaired) electrons. The minimum atomic E-state index is -0.0222. The van der Waals surface area contributed by atoms with E-state index in [9.17, 15) is 9.59 Å². The van der Waals surface area contributed by atoms with E-state index in [0.717, 1.165) is 41.5 Å². The van der Waals surface area contributed by atoms with E-state index in [-0.39, 0.29) is 24.2 Å². The van der Waals surface area contributed by atoms with Crippen molar-refractivity contribution in [2.45, 2.75) is 0 Å². The lowest BCUT2D eigenvalue weighted by Gasteiger charge is -2.35. The lowest BCUT2D eigenvalue weighted by Crippen LogP contribution is -2.50. The standard InChI is InChI=1S/C22H23N3O2S.ClH/c26-21(18-8-15-28-16-18)23-9-10-24-11-13-25(14-12-24)22(27)20-7-3-5-17-4-1-2-6-19(17)20;/h1-8,15-16H,9-14H2,(H,23,26);1H. The Hall–Kier alpha value is -2.41. The first kappa shape index (κ1) is 21.3. The number of fused-ring (bicyclic) bond motifs is 1. The van der Waals surface area contributed by atoms with Crippen molar-refractivity contribution in [3.05, 3.63) is 70.4 Å². The number of nitrogens with zero attached hydrogens (tertiary/aromatic N) is 2. The minimum Gasteiger partial charge on any atom is -0.351 e. The van der Waals surface area contributed by atoms with Crippen molar-refractivity contribution in [1.29, 1.82) is 0 Å². The Morgan fingerprint density at radius 3 is 2.48 bits per heavy atom. The molecule has 1 fully saturated rings. The monoisotopic (exact) mass is 429 g/mol. The molecule has 0 saturated carbocycles. The summed E-state index contributed by atoms with van der Waals surface area (Å²) in [5.74, 6) is 0.0771. The number of hydrogen-bond acceptors (Lipinski definition) is 4. The van der Waals surface area contributed by atoms with E-state index in [2.05, 4.69) is 10.2 Å². The SMILES string of the molecule is Cl.O=C(NCCN1CCN(C(=O)c2cccc3ccccc23)CC1)c1ccsc1. The number of amides is 2. The van der Waals surface area contributed by atoms with Gasteiger partial charge >= 0.3 is 0 Å². The molecule has 2 amide bonds. The summed E-state index contributed by atoms with van der Waals surface area (Å²) in [6.07, 6.45) is 0. The molecule has 2 aromatic carbocycles. The van der Waals surface area contributed by atoms with E-state index < -0.39 is 0 Å². The largest absolute Gasteiger partial charge is 0.351 e. The third kappa shape index (κ3) is 4.96. The zero-order valence-electron chi connectivity index (χ0n) is 16.0. The molecule has 4 rings (SSSR count). The second kappa shape index (κ2) is 9.87. The number of hydrogen-bond donors (Lipinski definition) is 1. The molecular formula is C22H24ClN3O2S. The fourth-order valence-electron chi connectivity index (χ4n) is 3.58. The van der Waals surface area contributed by atoms with Crippen LogP contribution in [0.3, 0.4) is 0 Å². The fraction of sp³-hybridized carbons (Fsp3) is 0.273. The summed E-state index contributed by atoms with van der Waals surface area (Å²) in [5, 5.41) is 8.81. The molecular weight excluding hydrogens is 406 g/mol. The predicted octanol–water partition coefficient (Wildman–Crippen LogP) is 3.51. The summed E-state index contributed by atoms with van der Waals surface area (Å²) < 4.78 is 0. The van der Waals surface area contributed by atoms with Gasteiger partial charge in [-0.1, -0.05) is 36.4 Å². The molecule has 0 atom stereocenters. The van der Waals surface area contributed by atoms with Gasteiger partial charge in [0.05, 0.1) is 0 Å². The maximum absolute atomic E-state index is 13.0. The smallest absolute Gasteiger partial charge is 0.254 e. The predicted molar refractivity (Wildman–Crippen MR) is 120 cm³/mol. The molecule has 1 aliphatic heterocycles. The molecule has 1 aliphatic rings. The molecule has 1 aromatic heterocycles. The number of benzene rings is 2. The van der Waals surface area contributed by atoms with Crippen LogP contribution in [-0.2, 0) is 0 Å². The Labute approximate surface area is 180 Å². The molecule has 1 saturated heterocycles. The summed E-state index contributed by atoms with van der Waals surface area (Å²) in [6, 6.07) is 15.7. The van der Waals surface area contributed by atoms with Crippen LogP contribution >= 0.6 is 23.7 Å². The van der Waals surface area contributed by atoms with Crippen LogP contribution in [0.1, 0.15) is 20.7 Å². The van der Waals surface area contributed by atoms with Crippen LogP contribution in [0.4, 0.5) is 0 Å². The van der Waals surface area contributed by atoms with Gasteiger partial charge in [-0.05, 0) is 28.3 Å². The van der Waals surface area contributed by atoms with Crippen LogP contribution in [0.15, 0.2) is 59.3 Å². The Balaban J connectivity index is 0.00000240. The lowest BCUT2D eigenvalue weighted by atomic mass is 10.0. The van der Waals surface area contributed by atoms with E-state index in [4.69, 9.17) is 0 Å². The molecule has 152 valence electrons. The van der Waals surface area contributed by atoms with E-state index in [1.54, 1.807) is 0 Å². The van der Waals surface area contributed by atoms with E-state index in [1.165, 1.54) is 11.3 Å². The molecule has 0 aliphatic carbocycles. The van der Waals surface area contributed by atoms with Gasteiger partial charge in [-0.25, -0.2) is 0 Å². The second-order valence-corrected chi connectivity index (χ2v) is 7.71. The number of piperazine rings is 1. The van der Waals surface area contributed by atoms with Crippen molar-refractivity contribution in [3.63, 3.8) is 0 Å². The Morgan fingerprint density at radius 1 is 0.966 bits per heavy atom. The molecule has 1 N–H and O–H groups in total. The first-order chi connectivity index (χ1) is 13.7. The summed E-state index contributed by atoms with van der Waals surface area (Å²) >= 11 is 1.52. The van der Waals surface area contributed by atoms with Gasteiger partial charge < -0.3 is 10.2 Å². The Morgan fingerprint density at radius 2 is 1.72 bits per heavy atom. The molecule has 0 spiro atoms. The van der Waals surface area contributed by atoms with Gasteiger partial charge in [0.1, 0.15) is 0 Å². The summed E-state index contributed by atoms with van der Waals surface area (Å²) in [4.78, 5) is 29.2. The molecule has 3 aromatic rings. The highest BCUT2D eigenvalue weighted by molar-refractivity contribution is 7.08. The highest BCUT2D eigenvalue weighted by Crippen LogP contribution is 2.20. The number of nitrogens with one attached hydrogen (secondary N) is 1. The van der Waals surface area contributed by atoms with Crippen LogP contribution in [0, 0.1) is 0 Å². The molecule has 0 bridgehead atoms. The zero-order chi connectivity index (χ0) is 19.3. The first-order valence-corrected chi connectivity index (χ1v) is 10.5. The Bertz CT molecular complexity index is 964. The van der Waals surface area contributed by atoms with Gasteiger partial charge in [0.2, 0.25) is 0 Å². The van der Waals surface area contributed by atoms with Crippen LogP contribution < -0.4 is 5.32 Å². The average Bonchev–Trinajstić information content (AvgIpc) is 3.28. The quantitative estimate of drug-likeness (QED) is 0.675. The minimum absolute atomic E-state index is 0. The van der Waals surface area contributed by atoms with E-state index >= 15 is 0 Å². The zero-order valence-corrected chi connectivity index (χ0v) is 17.7. The van der Waals surface area contributed by atoms with Crippen molar-refractivity contribution in [2.75, 3.05) is 39.3 Å². The molecule has 7 heteroatoms. The highest BCUT2D eigenvalue weighted by atomic mass is 35.5. The third-order valence-corrected chi connectivity index (χ3v) is 5.86. The highest BCUT2D eigenvalue weighted by Gasteiger charge is 2.23. The van der Waals surface area contributed by atoms with Crippen LogP contribution in [0.2, 0.25) is 0 Å². The lowest BCUT2D eigenvalue weighted by molar-refractivity contribution is 0.0640. The number of thiophene rings is 1. The van der Waals surface area contributed by atoms with Gasteiger partial charge in [-0.15, -0.1) is 12.4 Å². The normalized spacial score (nSPS) is 14.4. The van der Waals surface area contributed by atoms with Gasteiger partial charge in [0.25, 0.3) is 11.8 Å². The summed E-state index contributed by atoms with van der Waals surface area (Å²) in [6.45, 7) is 4.48. The van der Waals surface area contributed by atoms with Gasteiger partial charge in [-0.3, -0.25) is 14.5 Å². The van der Waals surface area contributed by atoms with E-state index in [1.807, 2.05) is 64.2 Å². The number of carbonyl (C=O) groups is 2. The maximum Gasteiger partial charge on any atom is 0.254 e. The van der Waals surface area contributed by atoms with Crippen LogP contribution in [0.5, 0.6) is 0 Å². The number of carbonyl (C=O) groups excluding carboxylic acids is 2. The summed E-state index contributed by atoms with van der Waals surface area (Å²) in [5.41, 5.74) is 1.49. The third-order valence-electron chi connectivity index (χ3n) is 5.18. The summed E-state index contributed by atoms with van der Waals surface area (Å²) in [7, 11) is 0. The van der Waals surface area contributed by atoms with Gasteiger partial charge in [0.15, 0.2) is 0 Å². The maximum atomic E-state index is 13.0. The van der Waals surface area contributed by atoms with Crippen molar-refractivity contribution in [2.24, 2.45) is 0 Å². The van der Waals surface area contributed by atoms with Crippen molar-refractivity contribution in [1.82, 2.24) is 15.1 Å². The van der Waals surface area contributed by atoms with Crippen molar-refractivity contribution < 1.29 is 9.59 Å². The number of rotatable bonds is 5. The molecule has 5 nitrogen and oxygen atoms in total. The topological polar surface area (TPSA) is 52.7 Å². The number of halogens is 1. The fourth-order valence-corrected chi connectivity index (χ4v) is 4.22. The van der Waals surface area contributed by atoms with Crippen molar-refractivity contribution in [3.8, 4) is 0 Å². The first-order valence-electron chi connectivity index (χ1n) is 9.52. The molecule has 2 heterocycles. The van der Waals surface area contributed by atoms with Gasteiger partial charge in [0, 0.05) is 55.8 Å².